The molecule has 1 rings (SSSR count). The van der Waals surface area contributed by atoms with E-state index in [0.717, 1.165) is 0 Å². The van der Waals surface area contributed by atoms with Gasteiger partial charge in [0.15, 0.2) is 0 Å². The van der Waals surface area contributed by atoms with Crippen LogP contribution in [-0.4, -0.2) is 19.8 Å². The second-order valence-electron chi connectivity index (χ2n) is 3.82. The minimum Gasteiger partial charge on any atom is -0.497 e. The molecule has 18 heavy (non-hydrogen) atoms. The van der Waals surface area contributed by atoms with E-state index in [2.05, 4.69) is 21.2 Å². The van der Waals surface area contributed by atoms with Gasteiger partial charge in [0.05, 0.1) is 7.11 Å². The third kappa shape index (κ3) is 3.88. The Morgan fingerprint density at radius 1 is 1.39 bits per heavy atom. The van der Waals surface area contributed by atoms with E-state index >= 15 is 0 Å². The first kappa shape index (κ1) is 15.3. The van der Waals surface area contributed by atoms with Crippen molar-refractivity contribution in [3.8, 4) is 5.75 Å². The van der Waals surface area contributed by atoms with Crippen LogP contribution >= 0.6 is 15.9 Å². The summed E-state index contributed by atoms with van der Waals surface area (Å²) in [7, 11) is 1.47. The highest BCUT2D eigenvalue weighted by Crippen LogP contribution is 2.37. The van der Waals surface area contributed by atoms with E-state index in [4.69, 9.17) is 4.74 Å². The van der Waals surface area contributed by atoms with Crippen LogP contribution in [0, 0.1) is 0 Å². The standard InChI is InChI=1S/C12H15BrF3NO/c1-3-6-17-11(12(14,15)16)9-5-4-8(18-2)7-10(9)13/h4-5,7,11,17H,3,6H2,1-2H3. The summed E-state index contributed by atoms with van der Waals surface area (Å²) in [4.78, 5) is 0. The number of ether oxygens (including phenoxy) is 1. The first-order valence-corrected chi connectivity index (χ1v) is 6.33. The summed E-state index contributed by atoms with van der Waals surface area (Å²) >= 11 is 3.15. The lowest BCUT2D eigenvalue weighted by molar-refractivity contribution is -0.157. The lowest BCUT2D eigenvalue weighted by Gasteiger charge is -2.23. The first-order valence-electron chi connectivity index (χ1n) is 5.53. The fourth-order valence-corrected chi connectivity index (χ4v) is 2.15. The summed E-state index contributed by atoms with van der Waals surface area (Å²) in [5.74, 6) is 0.516. The van der Waals surface area contributed by atoms with Crippen molar-refractivity contribution in [1.82, 2.24) is 5.32 Å². The quantitative estimate of drug-likeness (QED) is 0.881. The Bertz CT molecular complexity index is 395. The number of nitrogens with one attached hydrogen (secondary N) is 1. The number of benzene rings is 1. The zero-order chi connectivity index (χ0) is 13.8. The molecule has 102 valence electrons. The van der Waals surface area contributed by atoms with Crippen LogP contribution in [0.2, 0.25) is 0 Å². The van der Waals surface area contributed by atoms with Gasteiger partial charge in [-0.05, 0) is 30.7 Å². The topological polar surface area (TPSA) is 21.3 Å². The predicted octanol–water partition coefficient (Wildman–Crippen LogP) is 4.06. The van der Waals surface area contributed by atoms with Crippen molar-refractivity contribution in [2.75, 3.05) is 13.7 Å². The lowest BCUT2D eigenvalue weighted by atomic mass is 10.1. The van der Waals surface area contributed by atoms with Crippen molar-refractivity contribution in [2.45, 2.75) is 25.6 Å². The SMILES string of the molecule is CCCNC(c1ccc(OC)cc1Br)C(F)(F)F. The van der Waals surface area contributed by atoms with Crippen molar-refractivity contribution in [1.29, 1.82) is 0 Å². The molecule has 0 amide bonds. The monoisotopic (exact) mass is 325 g/mol. The van der Waals surface area contributed by atoms with Gasteiger partial charge < -0.3 is 10.1 Å². The molecule has 0 radical (unpaired) electrons. The number of hydrogen-bond acceptors (Lipinski definition) is 2. The van der Waals surface area contributed by atoms with Crippen LogP contribution in [0.1, 0.15) is 24.9 Å². The van der Waals surface area contributed by atoms with Crippen molar-refractivity contribution in [3.05, 3.63) is 28.2 Å². The van der Waals surface area contributed by atoms with E-state index in [-0.39, 0.29) is 5.56 Å². The molecule has 1 unspecified atom stereocenters. The zero-order valence-electron chi connectivity index (χ0n) is 10.1. The number of alkyl halides is 3. The van der Waals surface area contributed by atoms with Gasteiger partial charge in [-0.3, -0.25) is 0 Å². The van der Waals surface area contributed by atoms with E-state index in [1.807, 2.05) is 6.92 Å². The molecule has 0 heterocycles. The smallest absolute Gasteiger partial charge is 0.407 e. The summed E-state index contributed by atoms with van der Waals surface area (Å²) < 4.78 is 44.3. The molecule has 0 bridgehead atoms. The highest BCUT2D eigenvalue weighted by molar-refractivity contribution is 9.10. The average Bonchev–Trinajstić information content (AvgIpc) is 2.29. The second-order valence-corrected chi connectivity index (χ2v) is 4.67. The molecular formula is C12H15BrF3NO. The fourth-order valence-electron chi connectivity index (χ4n) is 1.56. The molecule has 2 nitrogen and oxygen atoms in total. The Kier molecular flexibility index (Phi) is 5.47. The molecule has 0 spiro atoms. The molecule has 0 aromatic heterocycles. The largest absolute Gasteiger partial charge is 0.497 e. The Balaban J connectivity index is 3.05. The van der Waals surface area contributed by atoms with Gasteiger partial charge in [0.25, 0.3) is 0 Å². The van der Waals surface area contributed by atoms with Crippen LogP contribution in [0.5, 0.6) is 5.75 Å². The van der Waals surface area contributed by atoms with Gasteiger partial charge in [-0.2, -0.15) is 13.2 Å². The molecular weight excluding hydrogens is 311 g/mol. The van der Waals surface area contributed by atoms with E-state index in [0.29, 0.717) is 23.2 Å². The molecule has 0 aliphatic rings. The number of hydrogen-bond donors (Lipinski definition) is 1. The van der Waals surface area contributed by atoms with Crippen LogP contribution in [0.3, 0.4) is 0 Å². The van der Waals surface area contributed by atoms with Gasteiger partial charge in [0.2, 0.25) is 0 Å². The van der Waals surface area contributed by atoms with E-state index < -0.39 is 12.2 Å². The van der Waals surface area contributed by atoms with Gasteiger partial charge in [-0.25, -0.2) is 0 Å². The fraction of sp³-hybridized carbons (Fsp3) is 0.500. The third-order valence-corrected chi connectivity index (χ3v) is 3.13. The zero-order valence-corrected chi connectivity index (χ0v) is 11.7. The normalized spacial score (nSPS) is 13.4. The highest BCUT2D eigenvalue weighted by atomic mass is 79.9. The Labute approximate surface area is 113 Å². The average molecular weight is 326 g/mol. The molecule has 0 saturated carbocycles. The molecule has 1 aromatic carbocycles. The van der Waals surface area contributed by atoms with Gasteiger partial charge in [-0.1, -0.05) is 28.9 Å². The number of methoxy groups -OCH3 is 1. The van der Waals surface area contributed by atoms with Crippen LogP contribution in [0.4, 0.5) is 13.2 Å². The Hall–Kier alpha value is -0.750. The van der Waals surface area contributed by atoms with Crippen molar-refractivity contribution in [3.63, 3.8) is 0 Å². The van der Waals surface area contributed by atoms with Crippen molar-refractivity contribution < 1.29 is 17.9 Å². The summed E-state index contributed by atoms with van der Waals surface area (Å²) in [5, 5.41) is 2.51. The molecule has 1 aromatic rings. The van der Waals surface area contributed by atoms with Crippen molar-refractivity contribution >= 4 is 15.9 Å². The molecule has 0 aliphatic heterocycles. The third-order valence-electron chi connectivity index (χ3n) is 2.44. The van der Waals surface area contributed by atoms with Crippen molar-refractivity contribution in [2.24, 2.45) is 0 Å². The minimum atomic E-state index is -4.33. The second kappa shape index (κ2) is 6.43. The maximum absolute atomic E-state index is 13.0. The Morgan fingerprint density at radius 3 is 2.50 bits per heavy atom. The molecule has 0 fully saturated rings. The number of rotatable bonds is 5. The van der Waals surface area contributed by atoms with E-state index in [9.17, 15) is 13.2 Å². The molecule has 1 N–H and O–H groups in total. The van der Waals surface area contributed by atoms with E-state index in [1.165, 1.54) is 25.3 Å². The van der Waals surface area contributed by atoms with Crippen LogP contribution in [0.15, 0.2) is 22.7 Å². The van der Waals surface area contributed by atoms with Crippen LogP contribution < -0.4 is 10.1 Å². The van der Waals surface area contributed by atoms with Gasteiger partial charge in [0.1, 0.15) is 11.8 Å². The predicted molar refractivity (Wildman–Crippen MR) is 67.8 cm³/mol. The van der Waals surface area contributed by atoms with Gasteiger partial charge in [-0.15, -0.1) is 0 Å². The minimum absolute atomic E-state index is 0.164. The maximum atomic E-state index is 13.0. The summed E-state index contributed by atoms with van der Waals surface area (Å²) in [6.07, 6.45) is -3.69. The summed E-state index contributed by atoms with van der Waals surface area (Å²) in [6.45, 7) is 2.13. The highest BCUT2D eigenvalue weighted by Gasteiger charge is 2.41. The van der Waals surface area contributed by atoms with Crippen LogP contribution in [-0.2, 0) is 0 Å². The lowest BCUT2D eigenvalue weighted by Crippen LogP contribution is -2.34. The molecule has 1 atom stereocenters. The van der Waals surface area contributed by atoms with Gasteiger partial charge in [0, 0.05) is 4.47 Å². The van der Waals surface area contributed by atoms with E-state index in [1.54, 1.807) is 0 Å². The van der Waals surface area contributed by atoms with Crippen LogP contribution in [0.25, 0.3) is 0 Å². The first-order chi connectivity index (χ1) is 8.40. The maximum Gasteiger partial charge on any atom is 0.407 e. The molecule has 6 heteroatoms. The molecule has 0 aliphatic carbocycles. The number of halogens is 4. The summed E-state index contributed by atoms with van der Waals surface area (Å²) in [6, 6.07) is 2.80. The van der Waals surface area contributed by atoms with Gasteiger partial charge >= 0.3 is 6.18 Å². The summed E-state index contributed by atoms with van der Waals surface area (Å²) in [5.41, 5.74) is 0.164. The Morgan fingerprint density at radius 2 is 2.06 bits per heavy atom. The molecule has 0 saturated heterocycles.